The fraction of sp³-hybridized carbons (Fsp3) is 0.200. The van der Waals surface area contributed by atoms with Crippen molar-refractivity contribution < 1.29 is 27.9 Å². The van der Waals surface area contributed by atoms with Crippen LogP contribution in [0, 0.1) is 0 Å². The molecule has 0 spiro atoms. The molecule has 0 bridgehead atoms. The Bertz CT molecular complexity index is 1100. The van der Waals surface area contributed by atoms with E-state index in [1.165, 1.54) is 6.07 Å². The Morgan fingerprint density at radius 2 is 1.90 bits per heavy atom. The van der Waals surface area contributed by atoms with E-state index in [1.54, 1.807) is 18.2 Å². The van der Waals surface area contributed by atoms with Gasteiger partial charge in [0, 0.05) is 11.1 Å². The second kappa shape index (κ2) is 7.50. The average molecular weight is 405 g/mol. The molecular formula is C20H18F3N3O3. The van der Waals surface area contributed by atoms with Crippen LogP contribution in [0.1, 0.15) is 34.8 Å². The van der Waals surface area contributed by atoms with E-state index in [2.05, 4.69) is 5.32 Å². The molecule has 0 radical (unpaired) electrons. The van der Waals surface area contributed by atoms with E-state index in [0.29, 0.717) is 6.42 Å². The zero-order valence-corrected chi connectivity index (χ0v) is 15.4. The number of alkyl halides is 3. The Kier molecular flexibility index (Phi) is 5.23. The lowest BCUT2D eigenvalue weighted by Crippen LogP contribution is -2.19. The molecule has 9 heteroatoms. The first-order valence-corrected chi connectivity index (χ1v) is 8.78. The Hall–Kier alpha value is -3.49. The number of benzene rings is 2. The van der Waals surface area contributed by atoms with Crippen LogP contribution in [0.25, 0.3) is 10.9 Å². The van der Waals surface area contributed by atoms with Crippen LogP contribution in [-0.4, -0.2) is 21.6 Å². The van der Waals surface area contributed by atoms with Gasteiger partial charge in [-0.1, -0.05) is 25.5 Å². The lowest BCUT2D eigenvalue weighted by atomic mass is 10.1. The third-order valence-corrected chi connectivity index (χ3v) is 4.44. The number of carbonyl (C=O) groups excluding carboxylic acids is 2. The maximum atomic E-state index is 12.9. The van der Waals surface area contributed by atoms with Gasteiger partial charge < -0.3 is 16.2 Å². The van der Waals surface area contributed by atoms with E-state index in [4.69, 9.17) is 5.73 Å². The van der Waals surface area contributed by atoms with Crippen molar-refractivity contribution in [3.8, 4) is 5.88 Å². The molecule has 0 atom stereocenters. The molecule has 0 saturated heterocycles. The smallest absolute Gasteiger partial charge is 0.416 e. The maximum Gasteiger partial charge on any atom is 0.416 e. The minimum Gasteiger partial charge on any atom is -0.494 e. The highest BCUT2D eigenvalue weighted by Gasteiger charge is 2.31. The first kappa shape index (κ1) is 20.2. The summed E-state index contributed by atoms with van der Waals surface area (Å²) in [7, 11) is 0. The van der Waals surface area contributed by atoms with Gasteiger partial charge in [0.05, 0.1) is 11.1 Å². The van der Waals surface area contributed by atoms with Crippen LogP contribution in [0.5, 0.6) is 5.88 Å². The number of nitrogens with zero attached hydrogens (tertiary/aromatic N) is 1. The second-order valence-corrected chi connectivity index (χ2v) is 6.51. The molecule has 4 N–H and O–H groups in total. The summed E-state index contributed by atoms with van der Waals surface area (Å²) in [5.74, 6) is -1.54. The highest BCUT2D eigenvalue weighted by molar-refractivity contribution is 6.16. The number of nitrogens with two attached hydrogens (primary N) is 1. The van der Waals surface area contributed by atoms with Gasteiger partial charge in [0.25, 0.3) is 5.91 Å². The van der Waals surface area contributed by atoms with Crippen LogP contribution in [-0.2, 0) is 12.6 Å². The van der Waals surface area contributed by atoms with Crippen molar-refractivity contribution >= 4 is 28.5 Å². The summed E-state index contributed by atoms with van der Waals surface area (Å²) in [5, 5.41) is 13.1. The van der Waals surface area contributed by atoms with Crippen molar-refractivity contribution in [1.82, 2.24) is 4.57 Å². The van der Waals surface area contributed by atoms with Gasteiger partial charge in [0.2, 0.25) is 5.88 Å². The fourth-order valence-corrected chi connectivity index (χ4v) is 3.18. The Labute approximate surface area is 163 Å². The van der Waals surface area contributed by atoms with E-state index in [-0.39, 0.29) is 22.2 Å². The summed E-state index contributed by atoms with van der Waals surface area (Å²) in [4.78, 5) is 24.6. The molecule has 29 heavy (non-hydrogen) atoms. The third-order valence-electron chi connectivity index (χ3n) is 4.44. The molecule has 0 fully saturated rings. The first-order chi connectivity index (χ1) is 13.6. The molecule has 0 saturated carbocycles. The van der Waals surface area contributed by atoms with E-state index >= 15 is 0 Å². The summed E-state index contributed by atoms with van der Waals surface area (Å²) >= 11 is 0. The molecule has 2 aromatic carbocycles. The first-order valence-electron chi connectivity index (χ1n) is 8.78. The summed E-state index contributed by atoms with van der Waals surface area (Å²) in [6, 6.07) is 8.08. The molecule has 1 heterocycles. The molecule has 3 rings (SSSR count). The quantitative estimate of drug-likeness (QED) is 0.596. The normalized spacial score (nSPS) is 11.6. The topological polar surface area (TPSA) is 97.3 Å². The van der Waals surface area contributed by atoms with Crippen molar-refractivity contribution in [2.45, 2.75) is 25.9 Å². The van der Waals surface area contributed by atoms with E-state index in [1.807, 2.05) is 6.92 Å². The van der Waals surface area contributed by atoms with Crippen molar-refractivity contribution in [2.75, 3.05) is 5.32 Å². The van der Waals surface area contributed by atoms with Crippen LogP contribution in [0.4, 0.5) is 23.7 Å². The highest BCUT2D eigenvalue weighted by Crippen LogP contribution is 2.34. The van der Waals surface area contributed by atoms with Crippen LogP contribution in [0.3, 0.4) is 0 Å². The number of carbonyl (C=O) groups is 2. The summed E-state index contributed by atoms with van der Waals surface area (Å²) in [5.41, 5.74) is 5.14. The zero-order chi connectivity index (χ0) is 21.3. The van der Waals surface area contributed by atoms with E-state index < -0.39 is 29.6 Å². The van der Waals surface area contributed by atoms with Crippen LogP contribution in [0.2, 0.25) is 0 Å². The summed E-state index contributed by atoms with van der Waals surface area (Å²) in [6.45, 7) is 1.97. The zero-order valence-electron chi connectivity index (χ0n) is 15.4. The molecule has 1 aromatic heterocycles. The number of primary amides is 1. The molecule has 3 aromatic rings. The van der Waals surface area contributed by atoms with Crippen LogP contribution < -0.4 is 11.1 Å². The van der Waals surface area contributed by atoms with Crippen molar-refractivity contribution in [3.05, 3.63) is 59.2 Å². The number of halogens is 3. The Morgan fingerprint density at radius 1 is 1.17 bits per heavy atom. The van der Waals surface area contributed by atoms with Crippen molar-refractivity contribution in [2.24, 2.45) is 5.73 Å². The number of anilines is 1. The van der Waals surface area contributed by atoms with Gasteiger partial charge in [-0.2, -0.15) is 13.2 Å². The Morgan fingerprint density at radius 3 is 2.52 bits per heavy atom. The van der Waals surface area contributed by atoms with Gasteiger partial charge in [0.15, 0.2) is 0 Å². The van der Waals surface area contributed by atoms with Gasteiger partial charge in [-0.25, -0.2) is 9.36 Å². The number of amides is 2. The van der Waals surface area contributed by atoms with Crippen LogP contribution in [0.15, 0.2) is 42.5 Å². The van der Waals surface area contributed by atoms with Gasteiger partial charge in [-0.15, -0.1) is 0 Å². The minimum atomic E-state index is -4.57. The summed E-state index contributed by atoms with van der Waals surface area (Å²) in [6.07, 6.45) is -3.03. The number of rotatable bonds is 4. The van der Waals surface area contributed by atoms with Gasteiger partial charge >= 0.3 is 12.2 Å². The van der Waals surface area contributed by atoms with Gasteiger partial charge in [0.1, 0.15) is 5.56 Å². The summed E-state index contributed by atoms with van der Waals surface area (Å²) < 4.78 is 39.5. The lowest BCUT2D eigenvalue weighted by Gasteiger charge is -2.10. The molecule has 152 valence electrons. The van der Waals surface area contributed by atoms with E-state index in [0.717, 1.165) is 34.8 Å². The predicted molar refractivity (Wildman–Crippen MR) is 102 cm³/mol. The SMILES string of the molecule is CCCc1ccc2c(c1)c(C(=O)Nc1cccc(C(F)(F)F)c1)c(O)n2C(N)=O. The molecule has 2 amide bonds. The predicted octanol–water partition coefficient (Wildman–Crippen LogP) is 4.50. The molecule has 0 aliphatic rings. The highest BCUT2D eigenvalue weighted by atomic mass is 19.4. The number of aromatic hydroxyl groups is 1. The van der Waals surface area contributed by atoms with E-state index in [9.17, 15) is 27.9 Å². The molecular weight excluding hydrogens is 387 g/mol. The van der Waals surface area contributed by atoms with Gasteiger partial charge in [-0.05, 0) is 42.3 Å². The fourth-order valence-electron chi connectivity index (χ4n) is 3.18. The molecule has 0 aliphatic heterocycles. The monoisotopic (exact) mass is 405 g/mol. The largest absolute Gasteiger partial charge is 0.494 e. The Balaban J connectivity index is 2.08. The van der Waals surface area contributed by atoms with Crippen LogP contribution >= 0.6 is 0 Å². The average Bonchev–Trinajstić information content (AvgIpc) is 2.93. The number of hydrogen-bond acceptors (Lipinski definition) is 3. The standard InChI is InChI=1S/C20H18F3N3O3/c1-2-4-11-7-8-15-14(9-11)16(18(28)26(15)19(24)29)17(27)25-13-6-3-5-12(10-13)20(21,22)23/h3,5-10,28H,2,4H2,1H3,(H2,24,29)(H,25,27). The third kappa shape index (κ3) is 3.89. The molecule has 0 unspecified atom stereocenters. The number of aryl methyl sites for hydroxylation is 1. The van der Waals surface area contributed by atoms with Crippen molar-refractivity contribution in [3.63, 3.8) is 0 Å². The maximum absolute atomic E-state index is 12.9. The van der Waals surface area contributed by atoms with Crippen molar-refractivity contribution in [1.29, 1.82) is 0 Å². The second-order valence-electron chi connectivity index (χ2n) is 6.51. The number of nitrogens with one attached hydrogen (secondary N) is 1. The van der Waals surface area contributed by atoms with Gasteiger partial charge in [-0.3, -0.25) is 4.79 Å². The number of aromatic nitrogens is 1. The molecule has 6 nitrogen and oxygen atoms in total. The minimum absolute atomic E-state index is 0.103. The lowest BCUT2D eigenvalue weighted by molar-refractivity contribution is -0.137. The number of fused-ring (bicyclic) bond motifs is 1. The number of hydrogen-bond donors (Lipinski definition) is 3. The molecule has 0 aliphatic carbocycles.